The molecule has 0 saturated carbocycles. The smallest absolute Gasteiger partial charge is 0.408 e. The molecule has 38 heavy (non-hydrogen) atoms. The van der Waals surface area contributed by atoms with Crippen molar-refractivity contribution in [1.29, 1.82) is 0 Å². The lowest BCUT2D eigenvalue weighted by Crippen LogP contribution is -2.54. The Labute approximate surface area is 223 Å². The van der Waals surface area contributed by atoms with Gasteiger partial charge in [-0.25, -0.2) is 4.79 Å². The van der Waals surface area contributed by atoms with Crippen molar-refractivity contribution in [2.75, 3.05) is 20.2 Å². The molecular weight excluding hydrogens is 486 g/mol. The number of nitrogens with zero attached hydrogens (tertiary/aromatic N) is 1. The molecule has 0 aromatic heterocycles. The number of hydrogen-bond acceptors (Lipinski definition) is 6. The summed E-state index contributed by atoms with van der Waals surface area (Å²) in [7, 11) is 1.21. The topological polar surface area (TPSA) is 114 Å². The highest BCUT2D eigenvalue weighted by molar-refractivity contribution is 5.93. The summed E-state index contributed by atoms with van der Waals surface area (Å²) in [5.74, 6) is 0.795. The molecule has 0 aliphatic rings. The molecule has 2 atom stereocenters. The number of carbonyl (C=O) groups is 4. The van der Waals surface area contributed by atoms with E-state index >= 15 is 0 Å². The van der Waals surface area contributed by atoms with Crippen LogP contribution in [0.5, 0.6) is 0 Å². The van der Waals surface area contributed by atoms with Gasteiger partial charge in [-0.15, -0.1) is 6.42 Å². The van der Waals surface area contributed by atoms with Crippen molar-refractivity contribution in [2.45, 2.75) is 51.8 Å². The zero-order valence-corrected chi connectivity index (χ0v) is 22.4. The number of benzene rings is 2. The van der Waals surface area contributed by atoms with Crippen LogP contribution in [0.2, 0.25) is 0 Å². The standard InChI is InChI=1S/C29H35N3O6/c1-7-20-14-16-22(17-15-20)25(26(34)30-19-24(33)37-6)32(8-2)27(35)23(18-21-12-10-9-11-13-21)31-28(36)38-29(3,4)5/h1,9-17,23,25H,8,18-19H2,2-6H3,(H,30,34)(H,31,36). The molecule has 0 radical (unpaired) electrons. The Morgan fingerprint density at radius 2 is 1.66 bits per heavy atom. The molecule has 2 aromatic rings. The van der Waals surface area contributed by atoms with Gasteiger partial charge < -0.3 is 25.0 Å². The van der Waals surface area contributed by atoms with Gasteiger partial charge in [-0.05, 0) is 51.0 Å². The van der Waals surface area contributed by atoms with E-state index in [9.17, 15) is 19.2 Å². The summed E-state index contributed by atoms with van der Waals surface area (Å²) in [6.07, 6.45) is 4.88. The van der Waals surface area contributed by atoms with Crippen LogP contribution >= 0.6 is 0 Å². The predicted octanol–water partition coefficient (Wildman–Crippen LogP) is 2.98. The molecule has 0 aliphatic heterocycles. The number of methoxy groups -OCH3 is 1. The van der Waals surface area contributed by atoms with E-state index in [1.165, 1.54) is 12.0 Å². The van der Waals surface area contributed by atoms with Crippen molar-refractivity contribution in [3.05, 3.63) is 71.3 Å². The monoisotopic (exact) mass is 521 g/mol. The maximum absolute atomic E-state index is 14.0. The first-order valence-electron chi connectivity index (χ1n) is 12.2. The molecule has 2 rings (SSSR count). The van der Waals surface area contributed by atoms with E-state index in [2.05, 4.69) is 21.3 Å². The molecule has 0 spiro atoms. The van der Waals surface area contributed by atoms with Crippen LogP contribution in [-0.4, -0.2) is 60.6 Å². The van der Waals surface area contributed by atoms with Crippen molar-refractivity contribution in [3.63, 3.8) is 0 Å². The number of hydrogen-bond donors (Lipinski definition) is 2. The molecule has 2 N–H and O–H groups in total. The number of amides is 3. The van der Waals surface area contributed by atoms with E-state index in [0.717, 1.165) is 5.56 Å². The normalized spacial score (nSPS) is 12.3. The molecular formula is C29H35N3O6. The molecule has 9 heteroatoms. The van der Waals surface area contributed by atoms with Crippen LogP contribution in [-0.2, 0) is 30.3 Å². The van der Waals surface area contributed by atoms with Crippen LogP contribution in [0.3, 0.4) is 0 Å². The zero-order valence-electron chi connectivity index (χ0n) is 22.4. The SMILES string of the molecule is C#Cc1ccc(C(C(=O)NCC(=O)OC)N(CC)C(=O)C(Cc2ccccc2)NC(=O)OC(C)(C)C)cc1. The molecule has 0 bridgehead atoms. The Kier molecular flexibility index (Phi) is 10.9. The van der Waals surface area contributed by atoms with Gasteiger partial charge in [0.15, 0.2) is 0 Å². The largest absolute Gasteiger partial charge is 0.468 e. The second-order valence-electron chi connectivity index (χ2n) is 9.48. The van der Waals surface area contributed by atoms with Crippen LogP contribution in [0, 0.1) is 12.3 Å². The Morgan fingerprint density at radius 3 is 2.18 bits per heavy atom. The average Bonchev–Trinajstić information content (AvgIpc) is 2.89. The molecule has 9 nitrogen and oxygen atoms in total. The highest BCUT2D eigenvalue weighted by atomic mass is 16.6. The van der Waals surface area contributed by atoms with Crippen LogP contribution in [0.15, 0.2) is 54.6 Å². The number of esters is 1. The lowest BCUT2D eigenvalue weighted by atomic mass is 9.99. The van der Waals surface area contributed by atoms with E-state index in [-0.39, 0.29) is 19.5 Å². The van der Waals surface area contributed by atoms with Crippen molar-refractivity contribution in [1.82, 2.24) is 15.5 Å². The first-order valence-corrected chi connectivity index (χ1v) is 12.2. The van der Waals surface area contributed by atoms with Gasteiger partial charge in [0.2, 0.25) is 11.8 Å². The summed E-state index contributed by atoms with van der Waals surface area (Å²) in [5.41, 5.74) is 1.12. The van der Waals surface area contributed by atoms with Crippen molar-refractivity contribution >= 4 is 23.9 Å². The maximum Gasteiger partial charge on any atom is 0.408 e. The number of ether oxygens (including phenoxy) is 2. The Hall–Kier alpha value is -4.32. The first kappa shape index (κ1) is 29.9. The van der Waals surface area contributed by atoms with Crippen LogP contribution in [0.1, 0.15) is 50.4 Å². The third-order valence-electron chi connectivity index (χ3n) is 5.48. The summed E-state index contributed by atoms with van der Waals surface area (Å²) in [4.78, 5) is 53.0. The number of likely N-dealkylation sites (N-methyl/N-ethyl adjacent to an activating group) is 1. The average molecular weight is 522 g/mol. The van der Waals surface area contributed by atoms with Crippen LogP contribution in [0.4, 0.5) is 4.79 Å². The van der Waals surface area contributed by atoms with E-state index < -0.39 is 41.6 Å². The van der Waals surface area contributed by atoms with Gasteiger partial charge in [-0.3, -0.25) is 14.4 Å². The third kappa shape index (κ3) is 8.96. The third-order valence-corrected chi connectivity index (χ3v) is 5.48. The van der Waals surface area contributed by atoms with Gasteiger partial charge in [0.05, 0.1) is 7.11 Å². The summed E-state index contributed by atoms with van der Waals surface area (Å²) in [5, 5.41) is 5.21. The molecule has 3 amide bonds. The highest BCUT2D eigenvalue weighted by Gasteiger charge is 2.35. The first-order chi connectivity index (χ1) is 18.0. The quantitative estimate of drug-likeness (QED) is 0.367. The number of nitrogens with one attached hydrogen (secondary N) is 2. The van der Waals surface area contributed by atoms with E-state index in [0.29, 0.717) is 11.1 Å². The van der Waals surface area contributed by atoms with Gasteiger partial charge in [0.25, 0.3) is 0 Å². The molecule has 2 aromatic carbocycles. The molecule has 0 aliphatic carbocycles. The van der Waals surface area contributed by atoms with Crippen molar-refractivity contribution in [2.24, 2.45) is 0 Å². The van der Waals surface area contributed by atoms with Crippen LogP contribution in [0.25, 0.3) is 0 Å². The van der Waals surface area contributed by atoms with Gasteiger partial charge in [-0.1, -0.05) is 48.4 Å². The summed E-state index contributed by atoms with van der Waals surface area (Å²) in [6, 6.07) is 13.7. The molecule has 202 valence electrons. The number of alkyl carbamates (subject to hydrolysis) is 1. The molecule has 0 saturated heterocycles. The number of rotatable bonds is 10. The summed E-state index contributed by atoms with van der Waals surface area (Å²) < 4.78 is 10.0. The zero-order chi connectivity index (χ0) is 28.3. The second-order valence-corrected chi connectivity index (χ2v) is 9.48. The van der Waals surface area contributed by atoms with Gasteiger partial charge in [0.1, 0.15) is 24.2 Å². The molecule has 2 unspecified atom stereocenters. The summed E-state index contributed by atoms with van der Waals surface area (Å²) in [6.45, 7) is 6.65. The van der Waals surface area contributed by atoms with E-state index in [4.69, 9.17) is 11.2 Å². The Bertz CT molecular complexity index is 1150. The maximum atomic E-state index is 14.0. The van der Waals surface area contributed by atoms with Gasteiger partial charge in [0, 0.05) is 18.5 Å². The second kappa shape index (κ2) is 13.8. The fourth-order valence-corrected chi connectivity index (χ4v) is 3.73. The Morgan fingerprint density at radius 1 is 1.03 bits per heavy atom. The number of carbonyl (C=O) groups excluding carboxylic acids is 4. The fraction of sp³-hybridized carbons (Fsp3) is 0.379. The van der Waals surface area contributed by atoms with E-state index in [1.807, 2.05) is 30.3 Å². The predicted molar refractivity (Wildman–Crippen MR) is 143 cm³/mol. The highest BCUT2D eigenvalue weighted by Crippen LogP contribution is 2.24. The minimum Gasteiger partial charge on any atom is -0.468 e. The molecule has 0 heterocycles. The minimum atomic E-state index is -1.11. The van der Waals surface area contributed by atoms with Crippen LogP contribution < -0.4 is 10.6 Å². The van der Waals surface area contributed by atoms with E-state index in [1.54, 1.807) is 52.0 Å². The molecule has 0 fully saturated rings. The minimum absolute atomic E-state index is 0.132. The van der Waals surface area contributed by atoms with Crippen molar-refractivity contribution < 1.29 is 28.7 Å². The Balaban J connectivity index is 2.46. The fourth-order valence-electron chi connectivity index (χ4n) is 3.73. The van der Waals surface area contributed by atoms with Gasteiger partial charge in [-0.2, -0.15) is 0 Å². The van der Waals surface area contributed by atoms with Gasteiger partial charge >= 0.3 is 12.1 Å². The lowest BCUT2D eigenvalue weighted by molar-refractivity contribution is -0.144. The summed E-state index contributed by atoms with van der Waals surface area (Å²) >= 11 is 0. The number of terminal acetylenes is 1. The van der Waals surface area contributed by atoms with Crippen molar-refractivity contribution in [3.8, 4) is 12.3 Å². The lowest BCUT2D eigenvalue weighted by Gasteiger charge is -2.33.